The van der Waals surface area contributed by atoms with Gasteiger partial charge in [0, 0.05) is 11.0 Å². The fourth-order valence-corrected chi connectivity index (χ4v) is 2.08. The highest BCUT2D eigenvalue weighted by Gasteiger charge is 2.10. The van der Waals surface area contributed by atoms with Crippen molar-refractivity contribution in [3.63, 3.8) is 0 Å². The standard InChI is InChI=1S/C13H13BrN2O3/c1-2-16-8-15-6-9(16)7-19-10-3-4-12(14)11(5-10)13(17)18/h3-6,8H,2,7H2,1H3,(H,17,18). The van der Waals surface area contributed by atoms with Crippen molar-refractivity contribution in [1.82, 2.24) is 9.55 Å². The van der Waals surface area contributed by atoms with E-state index < -0.39 is 5.97 Å². The zero-order valence-corrected chi connectivity index (χ0v) is 11.9. The van der Waals surface area contributed by atoms with Crippen LogP contribution in [0, 0.1) is 0 Å². The van der Waals surface area contributed by atoms with Gasteiger partial charge in [-0.2, -0.15) is 0 Å². The van der Waals surface area contributed by atoms with Crippen LogP contribution in [-0.4, -0.2) is 20.6 Å². The Kier molecular flexibility index (Phi) is 4.21. The molecular weight excluding hydrogens is 312 g/mol. The number of hydrogen-bond donors (Lipinski definition) is 1. The van der Waals surface area contributed by atoms with Crippen LogP contribution in [0.2, 0.25) is 0 Å². The van der Waals surface area contributed by atoms with Crippen molar-refractivity contribution in [2.75, 3.05) is 0 Å². The quantitative estimate of drug-likeness (QED) is 0.918. The Morgan fingerprint density at radius 1 is 1.53 bits per heavy atom. The number of carboxylic acids is 1. The Balaban J connectivity index is 2.12. The fourth-order valence-electron chi connectivity index (χ4n) is 1.67. The van der Waals surface area contributed by atoms with Crippen molar-refractivity contribution in [3.05, 3.63) is 46.5 Å². The third kappa shape index (κ3) is 3.14. The molecule has 1 heterocycles. The molecule has 100 valence electrons. The predicted octanol–water partition coefficient (Wildman–Crippen LogP) is 2.94. The normalized spacial score (nSPS) is 10.4. The van der Waals surface area contributed by atoms with Gasteiger partial charge in [0.15, 0.2) is 0 Å². The summed E-state index contributed by atoms with van der Waals surface area (Å²) in [7, 11) is 0. The lowest BCUT2D eigenvalue weighted by molar-refractivity contribution is 0.0695. The number of aryl methyl sites for hydroxylation is 1. The second-order valence-electron chi connectivity index (χ2n) is 3.91. The summed E-state index contributed by atoms with van der Waals surface area (Å²) in [5, 5.41) is 9.02. The van der Waals surface area contributed by atoms with Gasteiger partial charge in [0.2, 0.25) is 0 Å². The highest BCUT2D eigenvalue weighted by Crippen LogP contribution is 2.23. The molecule has 1 N–H and O–H groups in total. The van der Waals surface area contributed by atoms with Crippen LogP contribution in [0.4, 0.5) is 0 Å². The summed E-state index contributed by atoms with van der Waals surface area (Å²) >= 11 is 3.19. The number of halogens is 1. The molecule has 0 atom stereocenters. The van der Waals surface area contributed by atoms with Gasteiger partial charge in [-0.3, -0.25) is 0 Å². The summed E-state index contributed by atoms with van der Waals surface area (Å²) in [6, 6.07) is 4.89. The highest BCUT2D eigenvalue weighted by atomic mass is 79.9. The first-order valence-electron chi connectivity index (χ1n) is 5.76. The van der Waals surface area contributed by atoms with E-state index >= 15 is 0 Å². The molecule has 2 aromatic rings. The summed E-state index contributed by atoms with van der Waals surface area (Å²) in [6.07, 6.45) is 3.48. The summed E-state index contributed by atoms with van der Waals surface area (Å²) in [6.45, 7) is 3.20. The number of aromatic carboxylic acids is 1. The molecule has 2 rings (SSSR count). The van der Waals surface area contributed by atoms with Gasteiger partial charge in [0.05, 0.1) is 23.8 Å². The molecule has 6 heteroatoms. The molecule has 0 fully saturated rings. The Hall–Kier alpha value is -1.82. The fraction of sp³-hybridized carbons (Fsp3) is 0.231. The minimum atomic E-state index is -0.990. The molecular formula is C13H13BrN2O3. The van der Waals surface area contributed by atoms with Crippen molar-refractivity contribution >= 4 is 21.9 Å². The van der Waals surface area contributed by atoms with E-state index in [4.69, 9.17) is 9.84 Å². The van der Waals surface area contributed by atoms with Gasteiger partial charge in [-0.1, -0.05) is 0 Å². The molecule has 0 saturated carbocycles. The smallest absolute Gasteiger partial charge is 0.336 e. The Bertz CT molecular complexity index is 595. The minimum absolute atomic E-state index is 0.182. The molecule has 1 aromatic carbocycles. The van der Waals surface area contributed by atoms with Crippen LogP contribution in [-0.2, 0) is 13.2 Å². The van der Waals surface area contributed by atoms with Gasteiger partial charge >= 0.3 is 5.97 Å². The van der Waals surface area contributed by atoms with Crippen LogP contribution in [0.1, 0.15) is 23.0 Å². The molecule has 0 saturated heterocycles. The lowest BCUT2D eigenvalue weighted by Crippen LogP contribution is -2.04. The van der Waals surface area contributed by atoms with Gasteiger partial charge in [-0.25, -0.2) is 9.78 Å². The number of carbonyl (C=O) groups is 1. The van der Waals surface area contributed by atoms with E-state index in [1.54, 1.807) is 24.7 Å². The monoisotopic (exact) mass is 324 g/mol. The first-order valence-corrected chi connectivity index (χ1v) is 6.55. The molecule has 0 amide bonds. The Morgan fingerprint density at radius 3 is 3.00 bits per heavy atom. The second-order valence-corrected chi connectivity index (χ2v) is 4.76. The van der Waals surface area contributed by atoms with Crippen molar-refractivity contribution in [2.45, 2.75) is 20.1 Å². The number of carboxylic acid groups (broad SMARTS) is 1. The molecule has 0 unspecified atom stereocenters. The number of nitrogens with zero attached hydrogens (tertiary/aromatic N) is 2. The Labute approximate surface area is 119 Å². The van der Waals surface area contributed by atoms with E-state index in [0.717, 1.165) is 12.2 Å². The van der Waals surface area contributed by atoms with Crippen molar-refractivity contribution in [3.8, 4) is 5.75 Å². The molecule has 0 aliphatic carbocycles. The predicted molar refractivity (Wildman–Crippen MR) is 73.3 cm³/mol. The van der Waals surface area contributed by atoms with Crippen molar-refractivity contribution < 1.29 is 14.6 Å². The zero-order valence-electron chi connectivity index (χ0n) is 10.3. The first-order chi connectivity index (χ1) is 9.11. The van der Waals surface area contributed by atoms with E-state index in [9.17, 15) is 4.79 Å². The lowest BCUT2D eigenvalue weighted by Gasteiger charge is -2.09. The number of imidazole rings is 1. The molecule has 0 radical (unpaired) electrons. The van der Waals surface area contributed by atoms with Gasteiger partial charge in [-0.05, 0) is 41.1 Å². The van der Waals surface area contributed by atoms with Gasteiger partial charge < -0.3 is 14.4 Å². The lowest BCUT2D eigenvalue weighted by atomic mass is 10.2. The van der Waals surface area contributed by atoms with Crippen LogP contribution in [0.25, 0.3) is 0 Å². The van der Waals surface area contributed by atoms with E-state index in [-0.39, 0.29) is 5.56 Å². The SMILES string of the molecule is CCn1cncc1COc1ccc(Br)c(C(=O)O)c1. The van der Waals surface area contributed by atoms with Gasteiger partial charge in [-0.15, -0.1) is 0 Å². The minimum Gasteiger partial charge on any atom is -0.487 e. The van der Waals surface area contributed by atoms with E-state index in [2.05, 4.69) is 20.9 Å². The summed E-state index contributed by atoms with van der Waals surface area (Å²) < 4.78 is 8.10. The molecule has 1 aromatic heterocycles. The third-order valence-electron chi connectivity index (χ3n) is 2.69. The molecule has 19 heavy (non-hydrogen) atoms. The van der Waals surface area contributed by atoms with Crippen LogP contribution in [0.15, 0.2) is 35.2 Å². The maximum atomic E-state index is 11.0. The van der Waals surface area contributed by atoms with Crippen molar-refractivity contribution in [1.29, 1.82) is 0 Å². The molecule has 0 aliphatic heterocycles. The summed E-state index contributed by atoms with van der Waals surface area (Å²) in [4.78, 5) is 15.1. The largest absolute Gasteiger partial charge is 0.487 e. The zero-order chi connectivity index (χ0) is 13.8. The van der Waals surface area contributed by atoms with Gasteiger partial charge in [0.1, 0.15) is 12.4 Å². The number of aromatic nitrogens is 2. The summed E-state index contributed by atoms with van der Waals surface area (Å²) in [5.41, 5.74) is 1.13. The first kappa shape index (κ1) is 13.6. The Morgan fingerprint density at radius 2 is 2.32 bits per heavy atom. The summed E-state index contributed by atoms with van der Waals surface area (Å²) in [5.74, 6) is -0.472. The third-order valence-corrected chi connectivity index (χ3v) is 3.39. The molecule has 0 bridgehead atoms. The highest BCUT2D eigenvalue weighted by molar-refractivity contribution is 9.10. The topological polar surface area (TPSA) is 64.4 Å². The van der Waals surface area contributed by atoms with Crippen LogP contribution >= 0.6 is 15.9 Å². The second kappa shape index (κ2) is 5.88. The van der Waals surface area contributed by atoms with E-state index in [0.29, 0.717) is 16.8 Å². The number of benzene rings is 1. The molecule has 5 nitrogen and oxygen atoms in total. The average molecular weight is 325 g/mol. The maximum Gasteiger partial charge on any atom is 0.336 e. The van der Waals surface area contributed by atoms with Crippen LogP contribution in [0.5, 0.6) is 5.75 Å². The van der Waals surface area contributed by atoms with Gasteiger partial charge in [0.25, 0.3) is 0 Å². The maximum absolute atomic E-state index is 11.0. The molecule has 0 spiro atoms. The van der Waals surface area contributed by atoms with Crippen molar-refractivity contribution in [2.24, 2.45) is 0 Å². The van der Waals surface area contributed by atoms with Crippen LogP contribution in [0.3, 0.4) is 0 Å². The van der Waals surface area contributed by atoms with E-state index in [1.807, 2.05) is 11.5 Å². The number of rotatable bonds is 5. The number of ether oxygens (including phenoxy) is 1. The van der Waals surface area contributed by atoms with E-state index in [1.165, 1.54) is 6.07 Å². The molecule has 0 aliphatic rings. The average Bonchev–Trinajstić information content (AvgIpc) is 2.84. The van der Waals surface area contributed by atoms with Crippen LogP contribution < -0.4 is 4.74 Å². The number of hydrogen-bond acceptors (Lipinski definition) is 3.